The molecule has 2 heterocycles. The van der Waals surface area contributed by atoms with E-state index in [-0.39, 0.29) is 17.4 Å². The third-order valence-corrected chi connectivity index (χ3v) is 4.37. The molecule has 1 atom stereocenters. The summed E-state index contributed by atoms with van der Waals surface area (Å²) in [6.45, 7) is 1.46. The molecule has 0 radical (unpaired) electrons. The number of hydrogen-bond donors (Lipinski definition) is 2. The number of carbonyl (C=O) groups excluding carboxylic acids is 1. The normalized spacial score (nSPS) is 17.6. The molecule has 1 aliphatic rings. The molecule has 3 rings (SSSR count). The zero-order chi connectivity index (χ0) is 17.1. The molecule has 1 aromatic heterocycles. The number of carbonyl (C=O) groups is 1. The molecule has 2 aromatic rings. The van der Waals surface area contributed by atoms with Crippen molar-refractivity contribution >= 4 is 29.0 Å². The summed E-state index contributed by atoms with van der Waals surface area (Å²) in [6, 6.07) is 8.34. The molecule has 5 nitrogen and oxygen atoms in total. The minimum Gasteiger partial charge on any atom is -0.367 e. The van der Waals surface area contributed by atoms with Crippen LogP contribution in [0.25, 0.3) is 0 Å². The predicted octanol–water partition coefficient (Wildman–Crippen LogP) is 3.05. The predicted molar refractivity (Wildman–Crippen MR) is 93.0 cm³/mol. The van der Waals surface area contributed by atoms with Crippen LogP contribution in [0.2, 0.25) is 5.02 Å². The largest absolute Gasteiger partial charge is 0.367 e. The van der Waals surface area contributed by atoms with Gasteiger partial charge < -0.3 is 16.0 Å². The summed E-state index contributed by atoms with van der Waals surface area (Å²) in [5, 5.41) is 3.62. The van der Waals surface area contributed by atoms with Gasteiger partial charge in [0, 0.05) is 25.3 Å². The Kier molecular flexibility index (Phi) is 4.85. The number of benzene rings is 1. The highest BCUT2D eigenvalue weighted by molar-refractivity contribution is 6.33. The van der Waals surface area contributed by atoms with Gasteiger partial charge in [0.15, 0.2) is 0 Å². The van der Waals surface area contributed by atoms with Crippen LogP contribution in [0.15, 0.2) is 36.5 Å². The van der Waals surface area contributed by atoms with Gasteiger partial charge in [-0.3, -0.25) is 4.79 Å². The van der Waals surface area contributed by atoms with Gasteiger partial charge in [-0.25, -0.2) is 9.37 Å². The van der Waals surface area contributed by atoms with Gasteiger partial charge in [0.1, 0.15) is 11.6 Å². The van der Waals surface area contributed by atoms with Gasteiger partial charge in [-0.1, -0.05) is 23.7 Å². The standard InChI is InChI=1S/C17H18ClFN4O/c18-13-8-11(16(20)24)9-21-17(13)22-12-4-3-7-23(10-12)15-6-2-1-5-14(15)19/h1-2,5-6,8-9,12H,3-4,7,10H2,(H2,20,24)(H,21,22). The van der Waals surface area contributed by atoms with E-state index in [0.717, 1.165) is 19.4 Å². The minimum absolute atomic E-state index is 0.0859. The molecule has 1 fully saturated rings. The molecule has 1 saturated heterocycles. The molecule has 0 saturated carbocycles. The van der Waals surface area contributed by atoms with Crippen LogP contribution >= 0.6 is 11.6 Å². The average Bonchev–Trinajstić information content (AvgIpc) is 2.57. The number of nitrogens with two attached hydrogens (primary N) is 1. The van der Waals surface area contributed by atoms with Crippen LogP contribution in [0.4, 0.5) is 15.9 Å². The maximum absolute atomic E-state index is 14.0. The van der Waals surface area contributed by atoms with E-state index in [9.17, 15) is 9.18 Å². The highest BCUT2D eigenvalue weighted by atomic mass is 35.5. The zero-order valence-corrected chi connectivity index (χ0v) is 13.8. The summed E-state index contributed by atoms with van der Waals surface area (Å²) in [6.07, 6.45) is 3.26. The molecule has 3 N–H and O–H groups in total. The van der Waals surface area contributed by atoms with Gasteiger partial charge in [0.25, 0.3) is 0 Å². The summed E-state index contributed by atoms with van der Waals surface area (Å²) in [5.41, 5.74) is 6.08. The maximum Gasteiger partial charge on any atom is 0.250 e. The number of primary amides is 1. The molecule has 24 heavy (non-hydrogen) atoms. The molecular weight excluding hydrogens is 331 g/mol. The highest BCUT2D eigenvalue weighted by Crippen LogP contribution is 2.26. The number of halogens is 2. The molecule has 1 aromatic carbocycles. The van der Waals surface area contributed by atoms with Crippen molar-refractivity contribution in [2.45, 2.75) is 18.9 Å². The van der Waals surface area contributed by atoms with E-state index < -0.39 is 5.91 Å². The number of rotatable bonds is 4. The lowest BCUT2D eigenvalue weighted by molar-refractivity contribution is 0.1000. The maximum atomic E-state index is 14.0. The zero-order valence-electron chi connectivity index (χ0n) is 13.0. The van der Waals surface area contributed by atoms with Gasteiger partial charge in [-0.2, -0.15) is 0 Å². The fraction of sp³-hybridized carbons (Fsp3) is 0.294. The third-order valence-electron chi connectivity index (χ3n) is 4.08. The summed E-state index contributed by atoms with van der Waals surface area (Å²) in [4.78, 5) is 17.3. The average molecular weight is 349 g/mol. The number of para-hydroxylation sites is 1. The number of piperidine rings is 1. The van der Waals surface area contributed by atoms with Crippen molar-refractivity contribution in [2.24, 2.45) is 5.73 Å². The number of nitrogens with one attached hydrogen (secondary N) is 1. The van der Waals surface area contributed by atoms with Crippen molar-refractivity contribution in [2.75, 3.05) is 23.3 Å². The van der Waals surface area contributed by atoms with Gasteiger partial charge in [0.05, 0.1) is 16.3 Å². The van der Waals surface area contributed by atoms with Crippen LogP contribution in [-0.2, 0) is 0 Å². The molecule has 7 heteroatoms. The summed E-state index contributed by atoms with van der Waals surface area (Å²) < 4.78 is 14.0. The van der Waals surface area contributed by atoms with Gasteiger partial charge in [0.2, 0.25) is 5.91 Å². The lowest BCUT2D eigenvalue weighted by Gasteiger charge is -2.35. The monoisotopic (exact) mass is 348 g/mol. The number of pyridine rings is 1. The van der Waals surface area contributed by atoms with Crippen molar-refractivity contribution in [1.82, 2.24) is 4.98 Å². The van der Waals surface area contributed by atoms with E-state index >= 15 is 0 Å². The topological polar surface area (TPSA) is 71.2 Å². The van der Waals surface area contributed by atoms with Crippen LogP contribution in [0.1, 0.15) is 23.2 Å². The molecule has 1 aliphatic heterocycles. The summed E-state index contributed by atoms with van der Waals surface area (Å²) in [5.74, 6) is -0.290. The lowest BCUT2D eigenvalue weighted by atomic mass is 10.0. The lowest BCUT2D eigenvalue weighted by Crippen LogP contribution is -2.42. The highest BCUT2D eigenvalue weighted by Gasteiger charge is 2.22. The molecular formula is C17H18ClFN4O. The first-order chi connectivity index (χ1) is 11.5. The van der Waals surface area contributed by atoms with Crippen molar-refractivity contribution in [3.05, 3.63) is 52.9 Å². The van der Waals surface area contributed by atoms with E-state index in [0.29, 0.717) is 23.1 Å². The Hall–Kier alpha value is -2.34. The van der Waals surface area contributed by atoms with Crippen LogP contribution in [0.3, 0.4) is 0 Å². The number of hydrogen-bond acceptors (Lipinski definition) is 4. The van der Waals surface area contributed by atoms with Crippen LogP contribution in [0.5, 0.6) is 0 Å². The SMILES string of the molecule is NC(=O)c1cnc(NC2CCCN(c3ccccc3F)C2)c(Cl)c1. The summed E-state index contributed by atoms with van der Waals surface area (Å²) >= 11 is 6.16. The second-order valence-corrected chi connectivity index (χ2v) is 6.21. The smallest absolute Gasteiger partial charge is 0.250 e. The Bertz CT molecular complexity index is 755. The second kappa shape index (κ2) is 7.05. The van der Waals surface area contributed by atoms with Crippen LogP contribution in [0, 0.1) is 5.82 Å². The minimum atomic E-state index is -0.570. The third kappa shape index (κ3) is 3.59. The first kappa shape index (κ1) is 16.5. The van der Waals surface area contributed by atoms with Crippen molar-refractivity contribution in [3.8, 4) is 0 Å². The molecule has 126 valence electrons. The number of nitrogens with zero attached hydrogens (tertiary/aromatic N) is 2. The summed E-state index contributed by atoms with van der Waals surface area (Å²) in [7, 11) is 0. The van der Waals surface area contributed by atoms with E-state index in [4.69, 9.17) is 17.3 Å². The Morgan fingerprint density at radius 2 is 2.21 bits per heavy atom. The first-order valence-electron chi connectivity index (χ1n) is 7.76. The molecule has 0 aliphatic carbocycles. The molecule has 1 unspecified atom stereocenters. The van der Waals surface area contributed by atoms with Gasteiger partial charge >= 0.3 is 0 Å². The number of aromatic nitrogens is 1. The Morgan fingerprint density at radius 3 is 2.92 bits per heavy atom. The van der Waals surface area contributed by atoms with Crippen LogP contribution in [-0.4, -0.2) is 30.0 Å². The Balaban J connectivity index is 1.72. The van der Waals surface area contributed by atoms with E-state index in [1.54, 1.807) is 12.1 Å². The fourth-order valence-electron chi connectivity index (χ4n) is 2.89. The van der Waals surface area contributed by atoms with Gasteiger partial charge in [-0.05, 0) is 31.0 Å². The van der Waals surface area contributed by atoms with Gasteiger partial charge in [-0.15, -0.1) is 0 Å². The second-order valence-electron chi connectivity index (χ2n) is 5.80. The van der Waals surface area contributed by atoms with Crippen molar-refractivity contribution in [1.29, 1.82) is 0 Å². The Morgan fingerprint density at radius 1 is 1.42 bits per heavy atom. The molecule has 0 spiro atoms. The molecule has 1 amide bonds. The quantitative estimate of drug-likeness (QED) is 0.890. The molecule has 0 bridgehead atoms. The Labute approximate surface area is 144 Å². The van der Waals surface area contributed by atoms with Crippen molar-refractivity contribution < 1.29 is 9.18 Å². The van der Waals surface area contributed by atoms with E-state index in [1.165, 1.54) is 18.3 Å². The van der Waals surface area contributed by atoms with Crippen molar-refractivity contribution in [3.63, 3.8) is 0 Å². The fourth-order valence-corrected chi connectivity index (χ4v) is 3.12. The van der Waals surface area contributed by atoms with E-state index in [2.05, 4.69) is 10.3 Å². The van der Waals surface area contributed by atoms with E-state index in [1.807, 2.05) is 11.0 Å². The van der Waals surface area contributed by atoms with Crippen LogP contribution < -0.4 is 16.0 Å². The number of amides is 1. The first-order valence-corrected chi connectivity index (χ1v) is 8.14. The number of anilines is 2.